The van der Waals surface area contributed by atoms with Crippen LogP contribution in [0.5, 0.6) is 0 Å². The fraction of sp³-hybridized carbons (Fsp3) is 0.368. The maximum Gasteiger partial charge on any atom is 0.238 e. The molecular formula is C19H23ClN4O. The van der Waals surface area contributed by atoms with Crippen molar-refractivity contribution in [3.8, 4) is 0 Å². The minimum absolute atomic E-state index is 0.00176. The molecular weight excluding hydrogens is 336 g/mol. The van der Waals surface area contributed by atoms with Crippen LogP contribution in [0.2, 0.25) is 5.02 Å². The molecule has 1 fully saturated rings. The number of nitrogens with one attached hydrogen (secondary N) is 1. The van der Waals surface area contributed by atoms with E-state index in [9.17, 15) is 4.79 Å². The zero-order chi connectivity index (χ0) is 17.6. The number of amides is 1. The van der Waals surface area contributed by atoms with E-state index >= 15 is 0 Å². The van der Waals surface area contributed by atoms with E-state index in [2.05, 4.69) is 20.1 Å². The zero-order valence-corrected chi connectivity index (χ0v) is 15.2. The summed E-state index contributed by atoms with van der Waals surface area (Å²) in [5.74, 6) is -0.00176. The lowest BCUT2D eigenvalue weighted by Crippen LogP contribution is -2.48. The molecule has 0 aliphatic carbocycles. The van der Waals surface area contributed by atoms with E-state index in [1.54, 1.807) is 6.07 Å². The van der Waals surface area contributed by atoms with Crippen LogP contribution in [0.15, 0.2) is 42.6 Å². The molecule has 1 aliphatic rings. The van der Waals surface area contributed by atoms with E-state index in [0.29, 0.717) is 11.6 Å². The highest BCUT2D eigenvalue weighted by Crippen LogP contribution is 2.20. The summed E-state index contributed by atoms with van der Waals surface area (Å²) in [5, 5.41) is 3.59. The number of benzene rings is 1. The molecule has 3 rings (SSSR count). The molecule has 0 spiro atoms. The molecule has 25 heavy (non-hydrogen) atoms. The van der Waals surface area contributed by atoms with Gasteiger partial charge in [0.1, 0.15) is 0 Å². The Balaban J connectivity index is 1.43. The number of nitrogens with zero attached hydrogens (tertiary/aromatic N) is 3. The minimum Gasteiger partial charge on any atom is -0.325 e. The molecule has 1 saturated heterocycles. The van der Waals surface area contributed by atoms with Crippen molar-refractivity contribution in [2.75, 3.05) is 38.0 Å². The number of hydrogen-bond acceptors (Lipinski definition) is 4. The average molecular weight is 359 g/mol. The van der Waals surface area contributed by atoms with Crippen molar-refractivity contribution in [1.29, 1.82) is 0 Å². The summed E-state index contributed by atoms with van der Waals surface area (Å²) in [4.78, 5) is 21.2. The van der Waals surface area contributed by atoms with Crippen LogP contribution in [0, 0.1) is 6.92 Å². The van der Waals surface area contributed by atoms with Crippen molar-refractivity contribution in [1.82, 2.24) is 14.8 Å². The second-order valence-electron chi connectivity index (χ2n) is 6.39. The Kier molecular flexibility index (Phi) is 6.02. The molecule has 1 aromatic heterocycles. The van der Waals surface area contributed by atoms with Gasteiger partial charge < -0.3 is 5.32 Å². The molecule has 0 atom stereocenters. The van der Waals surface area contributed by atoms with Gasteiger partial charge >= 0.3 is 0 Å². The van der Waals surface area contributed by atoms with E-state index in [-0.39, 0.29) is 5.91 Å². The number of piperazine rings is 1. The average Bonchev–Trinajstić information content (AvgIpc) is 2.61. The number of aromatic nitrogens is 1. The van der Waals surface area contributed by atoms with Gasteiger partial charge in [-0.25, -0.2) is 0 Å². The number of pyridine rings is 1. The molecule has 6 heteroatoms. The molecule has 0 bridgehead atoms. The van der Waals surface area contributed by atoms with Crippen molar-refractivity contribution in [3.05, 3.63) is 58.9 Å². The lowest BCUT2D eigenvalue weighted by molar-refractivity contribution is -0.117. The van der Waals surface area contributed by atoms with Gasteiger partial charge in [-0.15, -0.1) is 0 Å². The van der Waals surface area contributed by atoms with Crippen LogP contribution in [0.4, 0.5) is 5.69 Å². The maximum absolute atomic E-state index is 12.2. The van der Waals surface area contributed by atoms with Gasteiger partial charge in [0.2, 0.25) is 5.91 Å². The molecule has 132 valence electrons. The summed E-state index contributed by atoms with van der Waals surface area (Å²) in [5.41, 5.74) is 2.84. The van der Waals surface area contributed by atoms with E-state index in [1.807, 2.05) is 43.5 Å². The number of aryl methyl sites for hydroxylation is 1. The molecule has 2 aromatic rings. The van der Waals surface area contributed by atoms with Crippen LogP contribution in [0.1, 0.15) is 11.3 Å². The number of anilines is 1. The predicted octanol–water partition coefficient (Wildman–Crippen LogP) is 2.80. The highest BCUT2D eigenvalue weighted by Gasteiger charge is 2.19. The number of carbonyl (C=O) groups is 1. The Morgan fingerprint density at radius 1 is 1.16 bits per heavy atom. The van der Waals surface area contributed by atoms with Crippen LogP contribution < -0.4 is 5.32 Å². The number of carbonyl (C=O) groups excluding carboxylic acids is 1. The van der Waals surface area contributed by atoms with Gasteiger partial charge in [-0.3, -0.25) is 19.6 Å². The third kappa shape index (κ3) is 5.26. The molecule has 1 N–H and O–H groups in total. The van der Waals surface area contributed by atoms with E-state index in [1.165, 1.54) is 0 Å². The van der Waals surface area contributed by atoms with Crippen LogP contribution in [0.3, 0.4) is 0 Å². The molecule has 0 unspecified atom stereocenters. The predicted molar refractivity (Wildman–Crippen MR) is 101 cm³/mol. The lowest BCUT2D eigenvalue weighted by atomic mass is 10.2. The van der Waals surface area contributed by atoms with Crippen LogP contribution in [-0.4, -0.2) is 53.4 Å². The number of rotatable bonds is 5. The van der Waals surface area contributed by atoms with Gasteiger partial charge in [0, 0.05) is 49.6 Å². The fourth-order valence-electron chi connectivity index (χ4n) is 2.90. The van der Waals surface area contributed by atoms with Gasteiger partial charge in [-0.05, 0) is 36.8 Å². The first kappa shape index (κ1) is 17.9. The third-order valence-electron chi connectivity index (χ3n) is 4.40. The maximum atomic E-state index is 12.2. The van der Waals surface area contributed by atoms with Crippen LogP contribution in [-0.2, 0) is 11.3 Å². The Bertz CT molecular complexity index is 715. The Morgan fingerprint density at radius 3 is 2.60 bits per heavy atom. The van der Waals surface area contributed by atoms with E-state index in [4.69, 9.17) is 11.6 Å². The first-order valence-corrected chi connectivity index (χ1v) is 8.88. The summed E-state index contributed by atoms with van der Waals surface area (Å²) in [7, 11) is 0. The Morgan fingerprint density at radius 2 is 1.92 bits per heavy atom. The van der Waals surface area contributed by atoms with E-state index < -0.39 is 0 Å². The summed E-state index contributed by atoms with van der Waals surface area (Å²) >= 11 is 6.10. The number of hydrogen-bond donors (Lipinski definition) is 1. The van der Waals surface area contributed by atoms with Crippen LogP contribution in [0.25, 0.3) is 0 Å². The van der Waals surface area contributed by atoms with Crippen LogP contribution >= 0.6 is 11.6 Å². The zero-order valence-electron chi connectivity index (χ0n) is 14.4. The topological polar surface area (TPSA) is 48.5 Å². The SMILES string of the molecule is Cc1ccc(NC(=O)CN2CCN(Cc3ccccn3)CC2)cc1Cl. The summed E-state index contributed by atoms with van der Waals surface area (Å²) in [6, 6.07) is 11.6. The monoisotopic (exact) mass is 358 g/mol. The number of halogens is 1. The van der Waals surface area contributed by atoms with Gasteiger partial charge in [0.05, 0.1) is 12.2 Å². The van der Waals surface area contributed by atoms with Crippen molar-refractivity contribution in [3.63, 3.8) is 0 Å². The van der Waals surface area contributed by atoms with Crippen molar-refractivity contribution in [2.45, 2.75) is 13.5 Å². The standard InChI is InChI=1S/C19H23ClN4O/c1-15-5-6-16(12-18(15)20)22-19(25)14-24-10-8-23(9-11-24)13-17-4-2-3-7-21-17/h2-7,12H,8-11,13-14H2,1H3,(H,22,25). The molecule has 1 aromatic carbocycles. The second kappa shape index (κ2) is 8.43. The molecule has 2 heterocycles. The largest absolute Gasteiger partial charge is 0.325 e. The first-order valence-electron chi connectivity index (χ1n) is 8.51. The smallest absolute Gasteiger partial charge is 0.238 e. The third-order valence-corrected chi connectivity index (χ3v) is 4.81. The van der Waals surface area contributed by atoms with Gasteiger partial charge in [0.15, 0.2) is 0 Å². The summed E-state index contributed by atoms with van der Waals surface area (Å²) in [6.07, 6.45) is 1.83. The quantitative estimate of drug-likeness (QED) is 0.892. The molecule has 1 aliphatic heterocycles. The summed E-state index contributed by atoms with van der Waals surface area (Å²) < 4.78 is 0. The van der Waals surface area contributed by atoms with Gasteiger partial charge in [0.25, 0.3) is 0 Å². The van der Waals surface area contributed by atoms with Crippen molar-refractivity contribution in [2.24, 2.45) is 0 Å². The lowest BCUT2D eigenvalue weighted by Gasteiger charge is -2.34. The van der Waals surface area contributed by atoms with Crippen molar-refractivity contribution < 1.29 is 4.79 Å². The van der Waals surface area contributed by atoms with E-state index in [0.717, 1.165) is 49.7 Å². The van der Waals surface area contributed by atoms with Gasteiger partial charge in [-0.1, -0.05) is 23.7 Å². The molecule has 0 saturated carbocycles. The highest BCUT2D eigenvalue weighted by atomic mass is 35.5. The summed E-state index contributed by atoms with van der Waals surface area (Å²) in [6.45, 7) is 6.87. The fourth-order valence-corrected chi connectivity index (χ4v) is 3.08. The van der Waals surface area contributed by atoms with Crippen molar-refractivity contribution >= 4 is 23.2 Å². The molecule has 5 nitrogen and oxygen atoms in total. The molecule has 1 amide bonds. The highest BCUT2D eigenvalue weighted by molar-refractivity contribution is 6.31. The second-order valence-corrected chi connectivity index (χ2v) is 6.79. The Labute approximate surface area is 153 Å². The molecule has 0 radical (unpaired) electrons. The normalized spacial score (nSPS) is 15.9. The minimum atomic E-state index is -0.00176. The first-order chi connectivity index (χ1) is 12.1. The van der Waals surface area contributed by atoms with Gasteiger partial charge in [-0.2, -0.15) is 0 Å². The Hall–Kier alpha value is -1.95.